The van der Waals surface area contributed by atoms with Crippen LogP contribution in [0, 0.1) is 0 Å². The summed E-state index contributed by atoms with van der Waals surface area (Å²) in [6.45, 7) is 2.81. The third kappa shape index (κ3) is 1.35. The molecule has 0 amide bonds. The molecule has 1 atom stereocenters. The minimum Gasteiger partial charge on any atom is -0.299 e. The standard InChI is InChI=1S/C11H9Cl2N3/c1-6-5-16-10(14-6)9-7(12)3-2-4-8(9)15-11(16)13/h2-4,6H,5H2,1H3/t6-/m0/s1. The minimum absolute atomic E-state index is 0.223. The van der Waals surface area contributed by atoms with Crippen molar-refractivity contribution in [1.29, 1.82) is 0 Å². The van der Waals surface area contributed by atoms with Crippen molar-refractivity contribution in [3.8, 4) is 0 Å². The summed E-state index contributed by atoms with van der Waals surface area (Å²) in [7, 11) is 0. The Hall–Kier alpha value is -1.06. The van der Waals surface area contributed by atoms with Crippen molar-refractivity contribution >= 4 is 40.0 Å². The number of benzene rings is 1. The monoisotopic (exact) mass is 253 g/mol. The minimum atomic E-state index is 0.223. The lowest BCUT2D eigenvalue weighted by atomic mass is 10.1. The van der Waals surface area contributed by atoms with Gasteiger partial charge in [-0.1, -0.05) is 17.7 Å². The maximum Gasteiger partial charge on any atom is 0.204 e. The van der Waals surface area contributed by atoms with Gasteiger partial charge >= 0.3 is 0 Å². The van der Waals surface area contributed by atoms with Gasteiger partial charge in [0.05, 0.1) is 22.3 Å². The molecule has 3 rings (SSSR count). The number of hydrogen-bond donors (Lipinski definition) is 0. The molecule has 0 unspecified atom stereocenters. The molecule has 16 heavy (non-hydrogen) atoms. The van der Waals surface area contributed by atoms with Gasteiger partial charge in [0.15, 0.2) is 0 Å². The molecule has 82 valence electrons. The molecule has 0 N–H and O–H groups in total. The van der Waals surface area contributed by atoms with Crippen molar-refractivity contribution in [3.05, 3.63) is 28.8 Å². The summed E-state index contributed by atoms with van der Waals surface area (Å²) in [5.41, 5.74) is 1.68. The fourth-order valence-electron chi connectivity index (χ4n) is 2.02. The summed E-state index contributed by atoms with van der Waals surface area (Å²) in [6, 6.07) is 5.83. The van der Waals surface area contributed by atoms with Gasteiger partial charge in [-0.05, 0) is 30.7 Å². The van der Waals surface area contributed by atoms with E-state index in [9.17, 15) is 0 Å². The summed E-state index contributed by atoms with van der Waals surface area (Å²) in [5.74, 6) is 0.841. The third-order valence-corrected chi connectivity index (χ3v) is 3.30. The van der Waals surface area contributed by atoms with Crippen LogP contribution in [-0.2, 0) is 0 Å². The van der Waals surface area contributed by atoms with Gasteiger partial charge in [0.2, 0.25) is 5.29 Å². The molecular weight excluding hydrogens is 245 g/mol. The number of amidine groups is 2. The highest BCUT2D eigenvalue weighted by Gasteiger charge is 2.32. The van der Waals surface area contributed by atoms with Crippen molar-refractivity contribution in [2.24, 2.45) is 9.98 Å². The highest BCUT2D eigenvalue weighted by atomic mass is 35.5. The Morgan fingerprint density at radius 1 is 1.38 bits per heavy atom. The maximum absolute atomic E-state index is 6.18. The lowest BCUT2D eigenvalue weighted by molar-refractivity contribution is 0.604. The molecule has 1 aromatic carbocycles. The first kappa shape index (κ1) is 10.1. The number of hydrogen-bond acceptors (Lipinski definition) is 3. The Kier molecular flexibility index (Phi) is 2.19. The highest BCUT2D eigenvalue weighted by Crippen LogP contribution is 2.35. The number of halogens is 2. The van der Waals surface area contributed by atoms with E-state index in [1.807, 2.05) is 30.0 Å². The van der Waals surface area contributed by atoms with E-state index < -0.39 is 0 Å². The lowest BCUT2D eigenvalue weighted by Crippen LogP contribution is -2.35. The van der Waals surface area contributed by atoms with Gasteiger partial charge in [0.1, 0.15) is 5.84 Å². The molecule has 2 heterocycles. The van der Waals surface area contributed by atoms with Crippen LogP contribution in [0.3, 0.4) is 0 Å². The second-order valence-corrected chi connectivity index (χ2v) is 4.67. The number of nitrogens with zero attached hydrogens (tertiary/aromatic N) is 3. The second kappa shape index (κ2) is 3.47. The number of aliphatic imine (C=N–C) groups is 2. The van der Waals surface area contributed by atoms with E-state index >= 15 is 0 Å². The molecule has 1 aromatic rings. The topological polar surface area (TPSA) is 28.0 Å². The van der Waals surface area contributed by atoms with E-state index in [1.54, 1.807) is 0 Å². The quantitative estimate of drug-likeness (QED) is 0.654. The Labute approximate surface area is 103 Å². The second-order valence-electron chi connectivity index (χ2n) is 3.93. The van der Waals surface area contributed by atoms with E-state index in [0.29, 0.717) is 10.3 Å². The number of rotatable bonds is 0. The SMILES string of the molecule is C[C@H]1CN2C(Cl)=Nc3cccc(Cl)c3C2=N1. The average molecular weight is 254 g/mol. The normalized spacial score (nSPS) is 22.4. The predicted octanol–water partition coefficient (Wildman–Crippen LogP) is 3.03. The molecule has 0 spiro atoms. The first-order chi connectivity index (χ1) is 7.66. The van der Waals surface area contributed by atoms with Gasteiger partial charge in [-0.3, -0.25) is 9.89 Å². The fourth-order valence-corrected chi connectivity index (χ4v) is 2.51. The van der Waals surface area contributed by atoms with Gasteiger partial charge in [-0.25, -0.2) is 4.99 Å². The van der Waals surface area contributed by atoms with Gasteiger partial charge in [0.25, 0.3) is 0 Å². The summed E-state index contributed by atoms with van der Waals surface area (Å²) in [6.07, 6.45) is 0. The van der Waals surface area contributed by atoms with Crippen LogP contribution in [0.1, 0.15) is 12.5 Å². The van der Waals surface area contributed by atoms with Crippen molar-refractivity contribution in [2.45, 2.75) is 13.0 Å². The molecule has 0 aliphatic carbocycles. The van der Waals surface area contributed by atoms with E-state index in [2.05, 4.69) is 9.98 Å². The first-order valence-corrected chi connectivity index (χ1v) is 5.81. The van der Waals surface area contributed by atoms with Gasteiger partial charge in [-0.2, -0.15) is 0 Å². The van der Waals surface area contributed by atoms with Crippen LogP contribution in [0.2, 0.25) is 5.02 Å². The molecule has 2 aliphatic heterocycles. The van der Waals surface area contributed by atoms with E-state index in [0.717, 1.165) is 23.6 Å². The molecule has 0 bridgehead atoms. The Morgan fingerprint density at radius 3 is 3.00 bits per heavy atom. The number of fused-ring (bicyclic) bond motifs is 3. The zero-order chi connectivity index (χ0) is 11.3. The van der Waals surface area contributed by atoms with Crippen LogP contribution in [0.5, 0.6) is 0 Å². The van der Waals surface area contributed by atoms with E-state index in [4.69, 9.17) is 23.2 Å². The Bertz CT molecular complexity index is 522. The van der Waals surface area contributed by atoms with Gasteiger partial charge in [0, 0.05) is 6.54 Å². The first-order valence-electron chi connectivity index (χ1n) is 5.05. The van der Waals surface area contributed by atoms with Crippen LogP contribution < -0.4 is 0 Å². The molecule has 5 heteroatoms. The van der Waals surface area contributed by atoms with Gasteiger partial charge in [-0.15, -0.1) is 0 Å². The fraction of sp³-hybridized carbons (Fsp3) is 0.273. The van der Waals surface area contributed by atoms with Crippen molar-refractivity contribution in [1.82, 2.24) is 4.90 Å². The van der Waals surface area contributed by atoms with Crippen LogP contribution in [-0.4, -0.2) is 28.6 Å². The Morgan fingerprint density at radius 2 is 2.19 bits per heavy atom. The summed E-state index contributed by atoms with van der Waals surface area (Å²) in [5, 5.41) is 1.14. The van der Waals surface area contributed by atoms with Crippen LogP contribution in [0.4, 0.5) is 5.69 Å². The highest BCUT2D eigenvalue weighted by molar-refractivity contribution is 6.67. The van der Waals surface area contributed by atoms with Crippen LogP contribution in [0.15, 0.2) is 28.2 Å². The van der Waals surface area contributed by atoms with E-state index in [-0.39, 0.29) is 6.04 Å². The lowest BCUT2D eigenvalue weighted by Gasteiger charge is -2.24. The molecule has 0 saturated heterocycles. The third-order valence-electron chi connectivity index (χ3n) is 2.70. The summed E-state index contributed by atoms with van der Waals surface area (Å²) >= 11 is 12.3. The smallest absolute Gasteiger partial charge is 0.204 e. The van der Waals surface area contributed by atoms with Crippen molar-refractivity contribution < 1.29 is 0 Å². The zero-order valence-corrected chi connectivity index (χ0v) is 10.1. The maximum atomic E-state index is 6.18. The zero-order valence-electron chi connectivity index (χ0n) is 8.61. The largest absolute Gasteiger partial charge is 0.299 e. The Balaban J connectivity index is 2.27. The molecular formula is C11H9Cl2N3. The summed E-state index contributed by atoms with van der Waals surface area (Å²) < 4.78 is 0. The summed E-state index contributed by atoms with van der Waals surface area (Å²) in [4.78, 5) is 10.8. The molecule has 2 aliphatic rings. The molecule has 0 aromatic heterocycles. The van der Waals surface area contributed by atoms with Crippen molar-refractivity contribution in [3.63, 3.8) is 0 Å². The average Bonchev–Trinajstić information content (AvgIpc) is 2.60. The van der Waals surface area contributed by atoms with Crippen LogP contribution in [0.25, 0.3) is 0 Å². The van der Waals surface area contributed by atoms with Crippen molar-refractivity contribution in [2.75, 3.05) is 6.54 Å². The molecule has 3 nitrogen and oxygen atoms in total. The van der Waals surface area contributed by atoms with E-state index in [1.165, 1.54) is 0 Å². The van der Waals surface area contributed by atoms with Gasteiger partial charge < -0.3 is 0 Å². The molecule has 0 saturated carbocycles. The molecule has 0 fully saturated rings. The molecule has 0 radical (unpaired) electrons. The van der Waals surface area contributed by atoms with Crippen LogP contribution >= 0.6 is 23.2 Å². The predicted molar refractivity (Wildman–Crippen MR) is 67.1 cm³/mol.